The molecule has 0 N–H and O–H groups in total. The van der Waals surface area contributed by atoms with Crippen LogP contribution in [0.4, 0.5) is 15.0 Å². The Morgan fingerprint density at radius 3 is 2.47 bits per heavy atom. The van der Waals surface area contributed by atoms with Crippen LogP contribution in [-0.4, -0.2) is 101 Å². The van der Waals surface area contributed by atoms with E-state index >= 15 is 4.39 Å². The van der Waals surface area contributed by atoms with Crippen molar-refractivity contribution in [1.82, 2.24) is 24.8 Å². The van der Waals surface area contributed by atoms with Gasteiger partial charge in [0.15, 0.2) is 5.82 Å². The molecule has 12 heteroatoms. The molecule has 340 valence electrons. The first-order valence-corrected chi connectivity index (χ1v) is 26.1. The predicted molar refractivity (Wildman–Crippen MR) is 256 cm³/mol. The summed E-state index contributed by atoms with van der Waals surface area (Å²) in [6.45, 7) is 28.8. The number of nitrogens with zero attached hydrogens (tertiary/aromatic N) is 6. The van der Waals surface area contributed by atoms with E-state index in [1.807, 2.05) is 43.9 Å². The van der Waals surface area contributed by atoms with Crippen LogP contribution >= 0.6 is 0 Å². The summed E-state index contributed by atoms with van der Waals surface area (Å²) in [5.74, 6) is 3.97. The second kappa shape index (κ2) is 16.6. The quantitative estimate of drug-likeness (QED) is 0.0925. The number of piperazine rings is 1. The average Bonchev–Trinajstić information content (AvgIpc) is 3.84. The van der Waals surface area contributed by atoms with Crippen LogP contribution in [0.25, 0.3) is 32.9 Å². The number of hydrogen-bond acceptors (Lipinski definition) is 9. The van der Waals surface area contributed by atoms with Gasteiger partial charge in [-0.3, -0.25) is 9.80 Å². The van der Waals surface area contributed by atoms with E-state index in [2.05, 4.69) is 94.5 Å². The highest BCUT2D eigenvalue weighted by Gasteiger charge is 2.55. The van der Waals surface area contributed by atoms with Gasteiger partial charge in [-0.25, -0.2) is 14.2 Å². The zero-order valence-electron chi connectivity index (χ0n) is 39.7. The fourth-order valence-corrected chi connectivity index (χ4v) is 17.7. The van der Waals surface area contributed by atoms with E-state index in [9.17, 15) is 4.79 Å². The first-order chi connectivity index (χ1) is 30.5. The molecule has 4 aromatic rings. The Morgan fingerprint density at radius 1 is 1.03 bits per heavy atom. The molecule has 1 amide bonds. The van der Waals surface area contributed by atoms with Crippen LogP contribution in [0.2, 0.25) is 16.6 Å². The summed E-state index contributed by atoms with van der Waals surface area (Å²) in [4.78, 5) is 36.0. The Morgan fingerprint density at radius 2 is 1.77 bits per heavy atom. The maximum Gasteiger partial charge on any atom is 0.410 e. The molecule has 2 bridgehead atoms. The van der Waals surface area contributed by atoms with Crippen molar-refractivity contribution >= 4 is 41.7 Å². The molecule has 7 heterocycles. The predicted octanol–water partition coefficient (Wildman–Crippen LogP) is 11.2. The highest BCUT2D eigenvalue weighted by molar-refractivity contribution is 6.90. The molecular formula is C52H67FN6O4Si. The van der Waals surface area contributed by atoms with Crippen molar-refractivity contribution in [2.75, 3.05) is 31.1 Å². The zero-order valence-corrected chi connectivity index (χ0v) is 40.7. The molecule has 5 aliphatic rings. The number of rotatable bonds is 9. The Balaban J connectivity index is 1.24. The topological polar surface area (TPSA) is 93.2 Å². The van der Waals surface area contributed by atoms with Gasteiger partial charge in [0.05, 0.1) is 23.7 Å². The smallest absolute Gasteiger partial charge is 0.410 e. The second-order valence-corrected chi connectivity index (χ2v) is 26.8. The number of amides is 1. The Bertz CT molecular complexity index is 2540. The van der Waals surface area contributed by atoms with Gasteiger partial charge in [0.2, 0.25) is 5.88 Å². The summed E-state index contributed by atoms with van der Waals surface area (Å²) in [5.41, 5.74) is 7.40. The minimum atomic E-state index is -2.10. The Labute approximate surface area is 380 Å². The van der Waals surface area contributed by atoms with Crippen LogP contribution in [0.5, 0.6) is 11.9 Å². The molecule has 0 radical (unpaired) electrons. The zero-order chi connectivity index (χ0) is 45.5. The van der Waals surface area contributed by atoms with Gasteiger partial charge in [0, 0.05) is 29.6 Å². The van der Waals surface area contributed by atoms with Crippen molar-refractivity contribution in [1.29, 1.82) is 0 Å². The van der Waals surface area contributed by atoms with Gasteiger partial charge in [0.1, 0.15) is 48.8 Å². The lowest BCUT2D eigenvalue weighted by Crippen LogP contribution is -2.65. The van der Waals surface area contributed by atoms with Crippen molar-refractivity contribution in [3.05, 3.63) is 59.9 Å². The number of pyridine rings is 1. The van der Waals surface area contributed by atoms with Crippen molar-refractivity contribution < 1.29 is 23.4 Å². The number of hydrogen-bond donors (Lipinski definition) is 0. The lowest BCUT2D eigenvalue weighted by atomic mass is 9.94. The molecule has 0 saturated carbocycles. The monoisotopic (exact) mass is 886 g/mol. The van der Waals surface area contributed by atoms with Gasteiger partial charge >= 0.3 is 12.1 Å². The standard InChI is InChI=1S/C52H67FN6O4Si/c1-12-16-40-46-39-22-21-37(59(39)50(60)63-51(9,10)11)29-58(46)47-42-45(55-49(56-47)61-30-52-24-15-25-57(52)28-34(8)27-52)43(53)44(54-48(42)62-40)38-20-14-19-35-17-13-18-36(41(35)38)23-26-64(31(2)3,32(4)5)33(6)7/h13-14,17-20,31-33,37,39-40,46H,8,12,15-16,21-22,24-25,27-30H2,1-7,9-11H3/t37-,39+,40?,46+,52?/m1/s1. The summed E-state index contributed by atoms with van der Waals surface area (Å²) in [5, 5.41) is 2.23. The number of benzene rings is 2. The summed E-state index contributed by atoms with van der Waals surface area (Å²) < 4.78 is 38.0. The number of fused-ring (bicyclic) bond motifs is 7. The van der Waals surface area contributed by atoms with E-state index in [0.29, 0.717) is 58.8 Å². The van der Waals surface area contributed by atoms with E-state index in [-0.39, 0.29) is 47.0 Å². The molecule has 5 aliphatic heterocycles. The molecule has 4 fully saturated rings. The van der Waals surface area contributed by atoms with Crippen molar-refractivity contribution in [3.63, 3.8) is 0 Å². The molecule has 0 aliphatic carbocycles. The van der Waals surface area contributed by atoms with E-state index in [1.54, 1.807) is 0 Å². The lowest BCUT2D eigenvalue weighted by molar-refractivity contribution is -0.000971. The SMILES string of the molecule is C=C1CN2CCCC2(COc2nc3c4c(nc(-c5cccc6cccc(C#C[Si](C(C)C)(C(C)C)C(C)C)c56)c(F)c4n2)OC(CCC)[C@@H]2[C@@H]4CC[C@H](CN32)N4C(=O)OC(C)(C)C)C1. The summed E-state index contributed by atoms with van der Waals surface area (Å²) in [6, 6.07) is 11.6. The van der Waals surface area contributed by atoms with Crippen LogP contribution in [0.1, 0.15) is 120 Å². The summed E-state index contributed by atoms with van der Waals surface area (Å²) >= 11 is 0. The molecule has 2 aromatic carbocycles. The van der Waals surface area contributed by atoms with Gasteiger partial charge in [-0.05, 0) is 93.9 Å². The lowest BCUT2D eigenvalue weighted by Gasteiger charge is -2.48. The fourth-order valence-electron chi connectivity index (χ4n) is 12.5. The van der Waals surface area contributed by atoms with Crippen molar-refractivity contribution in [2.24, 2.45) is 0 Å². The molecule has 5 atom stereocenters. The summed E-state index contributed by atoms with van der Waals surface area (Å²) in [7, 11) is -2.10. The molecular weight excluding hydrogens is 820 g/mol. The molecule has 0 spiro atoms. The summed E-state index contributed by atoms with van der Waals surface area (Å²) in [6.07, 6.45) is 5.34. The first kappa shape index (κ1) is 44.5. The number of halogens is 1. The highest BCUT2D eigenvalue weighted by Crippen LogP contribution is 2.49. The van der Waals surface area contributed by atoms with Crippen LogP contribution in [-0.2, 0) is 4.74 Å². The molecule has 2 unspecified atom stereocenters. The van der Waals surface area contributed by atoms with E-state index < -0.39 is 25.6 Å². The van der Waals surface area contributed by atoms with Crippen molar-refractivity contribution in [3.8, 4) is 34.6 Å². The van der Waals surface area contributed by atoms with E-state index in [1.165, 1.54) is 5.57 Å². The highest BCUT2D eigenvalue weighted by atomic mass is 28.3. The molecule has 10 nitrogen and oxygen atoms in total. The molecule has 64 heavy (non-hydrogen) atoms. The van der Waals surface area contributed by atoms with Crippen LogP contribution < -0.4 is 14.4 Å². The van der Waals surface area contributed by atoms with Crippen LogP contribution in [0, 0.1) is 17.3 Å². The third kappa shape index (κ3) is 7.42. The van der Waals surface area contributed by atoms with Crippen molar-refractivity contribution in [2.45, 2.75) is 166 Å². The molecule has 4 saturated heterocycles. The largest absolute Gasteiger partial charge is 0.471 e. The van der Waals surface area contributed by atoms with Gasteiger partial charge in [-0.15, -0.1) is 5.54 Å². The maximum absolute atomic E-state index is 18.1. The molecule has 2 aromatic heterocycles. The third-order valence-electron chi connectivity index (χ3n) is 15.2. The number of carbonyl (C=O) groups excluding carboxylic acids is 1. The van der Waals surface area contributed by atoms with Gasteiger partial charge in [0.25, 0.3) is 0 Å². The third-order valence-corrected chi connectivity index (χ3v) is 21.4. The minimum Gasteiger partial charge on any atom is -0.471 e. The number of carbonyl (C=O) groups is 1. The second-order valence-electron chi connectivity index (χ2n) is 21.2. The minimum absolute atomic E-state index is 0.112. The Hall–Kier alpha value is -4.73. The average molecular weight is 887 g/mol. The number of anilines is 1. The van der Waals surface area contributed by atoms with E-state index in [4.69, 9.17) is 29.2 Å². The Kier molecular flexibility index (Phi) is 11.5. The normalized spacial score (nSPS) is 24.3. The molecule has 9 rings (SSSR count). The fraction of sp³-hybridized carbons (Fsp3) is 0.577. The number of aromatic nitrogens is 3. The number of ether oxygens (including phenoxy) is 3. The maximum atomic E-state index is 18.1. The first-order valence-electron chi connectivity index (χ1n) is 23.9. The van der Waals surface area contributed by atoms with Gasteiger partial charge in [-0.1, -0.05) is 103 Å². The van der Waals surface area contributed by atoms with E-state index in [0.717, 1.165) is 68.0 Å². The van der Waals surface area contributed by atoms with Crippen LogP contribution in [0.15, 0.2) is 48.6 Å². The van der Waals surface area contributed by atoms with Gasteiger partial charge in [-0.2, -0.15) is 9.97 Å². The van der Waals surface area contributed by atoms with Crippen LogP contribution in [0.3, 0.4) is 0 Å². The van der Waals surface area contributed by atoms with Gasteiger partial charge < -0.3 is 19.1 Å².